The van der Waals surface area contributed by atoms with E-state index in [1.807, 2.05) is 18.2 Å². The molecule has 1 saturated heterocycles. The Labute approximate surface area is 148 Å². The van der Waals surface area contributed by atoms with Gasteiger partial charge >= 0.3 is 0 Å². The van der Waals surface area contributed by atoms with Crippen LogP contribution in [0.4, 0.5) is 0 Å². The van der Waals surface area contributed by atoms with E-state index < -0.39 is 0 Å². The first-order chi connectivity index (χ1) is 11.2. The van der Waals surface area contributed by atoms with Crippen LogP contribution in [-0.2, 0) is 9.59 Å². The molecule has 1 aromatic rings. The summed E-state index contributed by atoms with van der Waals surface area (Å²) in [5, 5.41) is 8.63. The van der Waals surface area contributed by atoms with Crippen molar-refractivity contribution in [3.63, 3.8) is 0 Å². The van der Waals surface area contributed by atoms with Gasteiger partial charge < -0.3 is 20.7 Å². The molecule has 0 spiro atoms. The molecule has 0 unspecified atom stereocenters. The van der Waals surface area contributed by atoms with Gasteiger partial charge in [0.15, 0.2) is 6.61 Å². The van der Waals surface area contributed by atoms with Gasteiger partial charge in [-0.1, -0.05) is 18.2 Å². The lowest BCUT2D eigenvalue weighted by Gasteiger charge is -2.27. The molecule has 1 aliphatic heterocycles. The lowest BCUT2D eigenvalue weighted by atomic mass is 10.3. The quantitative estimate of drug-likeness (QED) is 0.592. The molecule has 2 amide bonds. The normalized spacial score (nSPS) is 14.3. The molecule has 2 rings (SSSR count). The maximum atomic E-state index is 11.7. The molecule has 1 heterocycles. The summed E-state index contributed by atoms with van der Waals surface area (Å²) >= 11 is 0. The molecule has 0 saturated carbocycles. The molecule has 24 heavy (non-hydrogen) atoms. The molecule has 1 aromatic carbocycles. The van der Waals surface area contributed by atoms with Crippen molar-refractivity contribution in [1.82, 2.24) is 20.9 Å². The summed E-state index contributed by atoms with van der Waals surface area (Å²) in [6.45, 7) is 5.29. The maximum Gasteiger partial charge on any atom is 0.258 e. The molecule has 134 valence electrons. The number of hydrogen-bond acceptors (Lipinski definition) is 5. The highest BCUT2D eigenvalue weighted by Crippen LogP contribution is 2.07. The monoisotopic (exact) mass is 356 g/mol. The van der Waals surface area contributed by atoms with Gasteiger partial charge in [0.25, 0.3) is 5.91 Å². The molecular formula is C16H25ClN4O3. The predicted molar refractivity (Wildman–Crippen MR) is 94.5 cm³/mol. The van der Waals surface area contributed by atoms with Crippen molar-refractivity contribution in [3.05, 3.63) is 30.3 Å². The zero-order valence-electron chi connectivity index (χ0n) is 13.6. The van der Waals surface area contributed by atoms with E-state index in [0.29, 0.717) is 12.3 Å². The molecule has 0 bridgehead atoms. The van der Waals surface area contributed by atoms with Crippen LogP contribution in [-0.4, -0.2) is 69.1 Å². The fourth-order valence-corrected chi connectivity index (χ4v) is 2.25. The number of carbonyl (C=O) groups excluding carboxylic acids is 2. The summed E-state index contributed by atoms with van der Waals surface area (Å²) < 4.78 is 5.30. The van der Waals surface area contributed by atoms with Crippen LogP contribution in [0.15, 0.2) is 30.3 Å². The summed E-state index contributed by atoms with van der Waals surface area (Å²) in [6.07, 6.45) is 0. The average Bonchev–Trinajstić information content (AvgIpc) is 2.60. The lowest BCUT2D eigenvalue weighted by molar-refractivity contribution is -0.127. The average molecular weight is 357 g/mol. The SMILES string of the molecule is Cl.O=C(CNC(=O)COc1ccccc1)NCCN1CCNCC1. The molecule has 1 aliphatic rings. The number of hydrogen-bond donors (Lipinski definition) is 3. The number of nitrogens with zero attached hydrogens (tertiary/aromatic N) is 1. The predicted octanol–water partition coefficient (Wildman–Crippen LogP) is -0.375. The van der Waals surface area contributed by atoms with Crippen LogP contribution in [0, 0.1) is 0 Å². The Morgan fingerprint density at radius 1 is 1.08 bits per heavy atom. The second kappa shape index (κ2) is 11.7. The zero-order valence-corrected chi connectivity index (χ0v) is 14.4. The topological polar surface area (TPSA) is 82.7 Å². The molecule has 1 fully saturated rings. The third-order valence-electron chi connectivity index (χ3n) is 3.52. The number of nitrogens with one attached hydrogen (secondary N) is 3. The highest BCUT2D eigenvalue weighted by atomic mass is 35.5. The Kier molecular flexibility index (Phi) is 9.83. The van der Waals surface area contributed by atoms with E-state index in [-0.39, 0.29) is 37.4 Å². The van der Waals surface area contributed by atoms with Gasteiger partial charge in [0.05, 0.1) is 6.54 Å². The van der Waals surface area contributed by atoms with Gasteiger partial charge in [-0.25, -0.2) is 0 Å². The summed E-state index contributed by atoms with van der Waals surface area (Å²) in [5.74, 6) is 0.127. The molecule has 8 heteroatoms. The van der Waals surface area contributed by atoms with Crippen molar-refractivity contribution < 1.29 is 14.3 Å². The number of benzene rings is 1. The molecular weight excluding hydrogens is 332 g/mol. The van der Waals surface area contributed by atoms with E-state index in [2.05, 4.69) is 20.9 Å². The molecule has 0 aliphatic carbocycles. The standard InChI is InChI=1S/C16H24N4O3.ClH/c21-15(18-8-11-20-9-6-17-7-10-20)12-19-16(22)13-23-14-4-2-1-3-5-14;/h1-5,17H,6-13H2,(H,18,21)(H,19,22);1H. The van der Waals surface area contributed by atoms with Gasteiger partial charge in [-0.05, 0) is 12.1 Å². The Bertz CT molecular complexity index is 495. The number of carbonyl (C=O) groups is 2. The maximum absolute atomic E-state index is 11.7. The Balaban J connectivity index is 0.00000288. The van der Waals surface area contributed by atoms with Crippen LogP contribution in [0.25, 0.3) is 0 Å². The molecule has 0 radical (unpaired) electrons. The fourth-order valence-electron chi connectivity index (χ4n) is 2.25. The number of halogens is 1. The van der Waals surface area contributed by atoms with Gasteiger partial charge in [-0.2, -0.15) is 0 Å². The van der Waals surface area contributed by atoms with E-state index in [1.165, 1.54) is 0 Å². The third-order valence-corrected chi connectivity index (χ3v) is 3.52. The fraction of sp³-hybridized carbons (Fsp3) is 0.500. The Hall–Kier alpha value is -1.83. The first-order valence-electron chi connectivity index (χ1n) is 7.88. The number of amides is 2. The molecule has 0 aromatic heterocycles. The molecule has 7 nitrogen and oxygen atoms in total. The van der Waals surface area contributed by atoms with Crippen LogP contribution < -0.4 is 20.7 Å². The number of para-hydroxylation sites is 1. The van der Waals surface area contributed by atoms with Gasteiger partial charge in [-0.3, -0.25) is 14.5 Å². The van der Waals surface area contributed by atoms with Crippen molar-refractivity contribution in [2.45, 2.75) is 0 Å². The summed E-state index contributed by atoms with van der Waals surface area (Å²) in [4.78, 5) is 25.6. The number of ether oxygens (including phenoxy) is 1. The van der Waals surface area contributed by atoms with Gasteiger partial charge in [0.2, 0.25) is 5.91 Å². The minimum Gasteiger partial charge on any atom is -0.484 e. The van der Waals surface area contributed by atoms with E-state index in [1.54, 1.807) is 12.1 Å². The molecule has 0 atom stereocenters. The van der Waals surface area contributed by atoms with Crippen molar-refractivity contribution >= 4 is 24.2 Å². The van der Waals surface area contributed by atoms with E-state index in [0.717, 1.165) is 32.7 Å². The van der Waals surface area contributed by atoms with Crippen molar-refractivity contribution in [1.29, 1.82) is 0 Å². The third kappa shape index (κ3) is 8.14. The second-order valence-electron chi connectivity index (χ2n) is 5.32. The van der Waals surface area contributed by atoms with Crippen molar-refractivity contribution in [2.75, 3.05) is 52.4 Å². The second-order valence-corrected chi connectivity index (χ2v) is 5.32. The first kappa shape index (κ1) is 20.2. The minimum atomic E-state index is -0.314. The van der Waals surface area contributed by atoms with E-state index in [9.17, 15) is 9.59 Å². The molecule has 3 N–H and O–H groups in total. The minimum absolute atomic E-state index is 0. The summed E-state index contributed by atoms with van der Waals surface area (Å²) in [5.41, 5.74) is 0. The van der Waals surface area contributed by atoms with Crippen LogP contribution in [0.5, 0.6) is 5.75 Å². The Morgan fingerprint density at radius 2 is 1.79 bits per heavy atom. The van der Waals surface area contributed by atoms with E-state index in [4.69, 9.17) is 4.74 Å². The largest absolute Gasteiger partial charge is 0.484 e. The van der Waals surface area contributed by atoms with Crippen LogP contribution in [0.3, 0.4) is 0 Å². The van der Waals surface area contributed by atoms with Crippen LogP contribution >= 0.6 is 12.4 Å². The van der Waals surface area contributed by atoms with Gasteiger partial charge in [0.1, 0.15) is 5.75 Å². The van der Waals surface area contributed by atoms with E-state index >= 15 is 0 Å². The van der Waals surface area contributed by atoms with Crippen LogP contribution in [0.1, 0.15) is 0 Å². The van der Waals surface area contributed by atoms with Crippen molar-refractivity contribution in [2.24, 2.45) is 0 Å². The van der Waals surface area contributed by atoms with Gasteiger partial charge in [0, 0.05) is 39.3 Å². The highest BCUT2D eigenvalue weighted by Gasteiger charge is 2.10. The number of rotatable bonds is 8. The highest BCUT2D eigenvalue weighted by molar-refractivity contribution is 5.85. The van der Waals surface area contributed by atoms with Crippen LogP contribution in [0.2, 0.25) is 0 Å². The zero-order chi connectivity index (χ0) is 16.3. The smallest absolute Gasteiger partial charge is 0.258 e. The lowest BCUT2D eigenvalue weighted by Crippen LogP contribution is -2.47. The summed E-state index contributed by atoms with van der Waals surface area (Å²) in [7, 11) is 0. The van der Waals surface area contributed by atoms with Gasteiger partial charge in [-0.15, -0.1) is 12.4 Å². The first-order valence-corrected chi connectivity index (χ1v) is 7.88. The Morgan fingerprint density at radius 3 is 2.50 bits per heavy atom. The number of piperazine rings is 1. The van der Waals surface area contributed by atoms with Crippen molar-refractivity contribution in [3.8, 4) is 5.75 Å². The summed E-state index contributed by atoms with van der Waals surface area (Å²) in [6, 6.07) is 9.09.